The highest BCUT2D eigenvalue weighted by Crippen LogP contribution is 2.23. The molecule has 0 saturated carbocycles. The molecule has 0 spiro atoms. The maximum atomic E-state index is 10.4. The van der Waals surface area contributed by atoms with Gasteiger partial charge >= 0.3 is 6.03 Å². The summed E-state index contributed by atoms with van der Waals surface area (Å²) in [4.78, 5) is 10.4. The molecular weight excluding hydrogens is 156 g/mol. The van der Waals surface area contributed by atoms with Crippen molar-refractivity contribution in [1.29, 1.82) is 0 Å². The summed E-state index contributed by atoms with van der Waals surface area (Å²) in [5.41, 5.74) is 6.12. The number of carbonyl (C=O) groups is 1. The van der Waals surface area contributed by atoms with Crippen LogP contribution in [0.5, 0.6) is 5.75 Å². The topological polar surface area (TPSA) is 75.3 Å². The summed E-state index contributed by atoms with van der Waals surface area (Å²) in [5.74, 6) is 0.0220. The third-order valence-electron chi connectivity index (χ3n) is 1.41. The van der Waals surface area contributed by atoms with Crippen molar-refractivity contribution in [2.24, 2.45) is 5.73 Å². The van der Waals surface area contributed by atoms with Crippen molar-refractivity contribution in [3.63, 3.8) is 0 Å². The van der Waals surface area contributed by atoms with Crippen LogP contribution in [-0.4, -0.2) is 11.1 Å². The van der Waals surface area contributed by atoms with Crippen molar-refractivity contribution in [1.82, 2.24) is 0 Å². The number of rotatable bonds is 1. The van der Waals surface area contributed by atoms with Crippen LogP contribution >= 0.6 is 0 Å². The van der Waals surface area contributed by atoms with E-state index in [2.05, 4.69) is 5.32 Å². The number of phenolic OH excluding ortho intramolecular Hbond substituents is 1. The number of phenols is 1. The number of carbonyl (C=O) groups excluding carboxylic acids is 1. The molecule has 1 aromatic carbocycles. The number of nitrogens with two attached hydrogens (primary N) is 1. The SMILES string of the molecule is Cc1ccc(NC(N)=O)c(O)c1. The van der Waals surface area contributed by atoms with E-state index in [1.54, 1.807) is 18.2 Å². The van der Waals surface area contributed by atoms with E-state index in [0.717, 1.165) is 5.56 Å². The second kappa shape index (κ2) is 3.13. The van der Waals surface area contributed by atoms with Gasteiger partial charge in [-0.1, -0.05) is 6.07 Å². The van der Waals surface area contributed by atoms with E-state index < -0.39 is 6.03 Å². The minimum absolute atomic E-state index is 0.0220. The van der Waals surface area contributed by atoms with Gasteiger partial charge in [-0.3, -0.25) is 0 Å². The minimum atomic E-state index is -0.686. The fourth-order valence-corrected chi connectivity index (χ4v) is 0.880. The van der Waals surface area contributed by atoms with Gasteiger partial charge in [0.1, 0.15) is 5.75 Å². The Morgan fingerprint density at radius 1 is 1.58 bits per heavy atom. The quantitative estimate of drug-likeness (QED) is 0.548. The molecule has 0 atom stereocenters. The second-order valence-corrected chi connectivity index (χ2v) is 2.51. The largest absolute Gasteiger partial charge is 0.506 e. The van der Waals surface area contributed by atoms with Crippen LogP contribution in [0.2, 0.25) is 0 Å². The first-order chi connectivity index (χ1) is 5.59. The number of aryl methyl sites for hydroxylation is 1. The molecule has 0 aromatic heterocycles. The highest BCUT2D eigenvalue weighted by atomic mass is 16.3. The number of hydrogen-bond acceptors (Lipinski definition) is 2. The smallest absolute Gasteiger partial charge is 0.316 e. The lowest BCUT2D eigenvalue weighted by atomic mass is 10.2. The molecular formula is C8H10N2O2. The molecule has 0 aliphatic carbocycles. The minimum Gasteiger partial charge on any atom is -0.506 e. The van der Waals surface area contributed by atoms with Crippen LogP contribution in [0, 0.1) is 6.92 Å². The number of hydrogen-bond donors (Lipinski definition) is 3. The van der Waals surface area contributed by atoms with Gasteiger partial charge in [0.15, 0.2) is 0 Å². The van der Waals surface area contributed by atoms with Crippen LogP contribution in [0.15, 0.2) is 18.2 Å². The Morgan fingerprint density at radius 2 is 2.25 bits per heavy atom. The van der Waals surface area contributed by atoms with Crippen LogP contribution in [0.4, 0.5) is 10.5 Å². The first-order valence-electron chi connectivity index (χ1n) is 3.45. The summed E-state index contributed by atoms with van der Waals surface area (Å²) in [7, 11) is 0. The molecule has 0 aliphatic rings. The molecule has 0 radical (unpaired) electrons. The molecule has 12 heavy (non-hydrogen) atoms. The summed E-state index contributed by atoms with van der Waals surface area (Å²) in [6.45, 7) is 1.84. The Bertz CT molecular complexity index is 310. The highest BCUT2D eigenvalue weighted by Gasteiger charge is 2.01. The summed E-state index contributed by atoms with van der Waals surface area (Å²) in [6.07, 6.45) is 0. The Morgan fingerprint density at radius 3 is 2.75 bits per heavy atom. The average molecular weight is 166 g/mol. The fraction of sp³-hybridized carbons (Fsp3) is 0.125. The van der Waals surface area contributed by atoms with E-state index in [4.69, 9.17) is 5.73 Å². The van der Waals surface area contributed by atoms with Gasteiger partial charge in [-0.15, -0.1) is 0 Å². The first kappa shape index (κ1) is 8.39. The molecule has 0 unspecified atom stereocenters. The molecule has 4 N–H and O–H groups in total. The summed E-state index contributed by atoms with van der Waals surface area (Å²) in [6, 6.07) is 4.22. The molecule has 2 amide bonds. The van der Waals surface area contributed by atoms with Crippen molar-refractivity contribution in [3.8, 4) is 5.75 Å². The van der Waals surface area contributed by atoms with Crippen molar-refractivity contribution < 1.29 is 9.90 Å². The lowest BCUT2D eigenvalue weighted by molar-refractivity contribution is 0.259. The Balaban J connectivity index is 2.93. The van der Waals surface area contributed by atoms with Crippen LogP contribution in [0.1, 0.15) is 5.56 Å². The number of aromatic hydroxyl groups is 1. The monoisotopic (exact) mass is 166 g/mol. The third kappa shape index (κ3) is 1.88. The molecule has 4 heteroatoms. The van der Waals surface area contributed by atoms with Crippen molar-refractivity contribution >= 4 is 11.7 Å². The Kier molecular flexibility index (Phi) is 2.19. The van der Waals surface area contributed by atoms with Gasteiger partial charge in [0, 0.05) is 0 Å². The number of urea groups is 1. The van der Waals surface area contributed by atoms with Crippen molar-refractivity contribution in [2.75, 3.05) is 5.32 Å². The summed E-state index contributed by atoms with van der Waals surface area (Å²) >= 11 is 0. The summed E-state index contributed by atoms with van der Waals surface area (Å²) in [5, 5.41) is 11.6. The normalized spacial score (nSPS) is 9.42. The maximum Gasteiger partial charge on any atom is 0.316 e. The number of amides is 2. The van der Waals surface area contributed by atoms with Gasteiger partial charge in [0.25, 0.3) is 0 Å². The second-order valence-electron chi connectivity index (χ2n) is 2.51. The van der Waals surface area contributed by atoms with E-state index in [1.807, 2.05) is 6.92 Å². The van der Waals surface area contributed by atoms with Gasteiger partial charge in [-0.25, -0.2) is 4.79 Å². The van der Waals surface area contributed by atoms with Gasteiger partial charge in [0.2, 0.25) is 0 Å². The van der Waals surface area contributed by atoms with Crippen LogP contribution in [0.25, 0.3) is 0 Å². The van der Waals surface area contributed by atoms with Gasteiger partial charge in [0.05, 0.1) is 5.69 Å². The predicted molar refractivity (Wildman–Crippen MR) is 46.0 cm³/mol. The Labute approximate surface area is 70.0 Å². The molecule has 0 aliphatic heterocycles. The first-order valence-corrected chi connectivity index (χ1v) is 3.45. The molecule has 1 aromatic rings. The predicted octanol–water partition coefficient (Wildman–Crippen LogP) is 1.19. The molecule has 0 heterocycles. The maximum absolute atomic E-state index is 10.4. The average Bonchev–Trinajstić information content (AvgIpc) is 1.94. The molecule has 4 nitrogen and oxygen atoms in total. The van der Waals surface area contributed by atoms with E-state index in [-0.39, 0.29) is 5.75 Å². The number of anilines is 1. The fourth-order valence-electron chi connectivity index (χ4n) is 0.880. The van der Waals surface area contributed by atoms with E-state index in [9.17, 15) is 9.90 Å². The third-order valence-corrected chi connectivity index (χ3v) is 1.41. The van der Waals surface area contributed by atoms with Crippen LogP contribution in [-0.2, 0) is 0 Å². The standard InChI is InChI=1S/C8H10N2O2/c1-5-2-3-6(7(11)4-5)10-8(9)12/h2-4,11H,1H3,(H3,9,10,12). The molecule has 1 rings (SSSR count). The zero-order valence-corrected chi connectivity index (χ0v) is 6.66. The van der Waals surface area contributed by atoms with Crippen LogP contribution < -0.4 is 11.1 Å². The summed E-state index contributed by atoms with van der Waals surface area (Å²) < 4.78 is 0. The number of nitrogens with one attached hydrogen (secondary N) is 1. The molecule has 0 fully saturated rings. The lowest BCUT2D eigenvalue weighted by Crippen LogP contribution is -2.19. The van der Waals surface area contributed by atoms with Gasteiger partial charge in [-0.2, -0.15) is 0 Å². The van der Waals surface area contributed by atoms with E-state index in [0.29, 0.717) is 5.69 Å². The van der Waals surface area contributed by atoms with Gasteiger partial charge in [-0.05, 0) is 24.6 Å². The van der Waals surface area contributed by atoms with E-state index in [1.165, 1.54) is 0 Å². The van der Waals surface area contributed by atoms with E-state index >= 15 is 0 Å². The highest BCUT2D eigenvalue weighted by molar-refractivity contribution is 5.89. The zero-order chi connectivity index (χ0) is 9.14. The zero-order valence-electron chi connectivity index (χ0n) is 6.66. The lowest BCUT2D eigenvalue weighted by Gasteiger charge is -2.04. The van der Waals surface area contributed by atoms with Crippen molar-refractivity contribution in [3.05, 3.63) is 23.8 Å². The number of benzene rings is 1. The number of primary amides is 1. The molecule has 64 valence electrons. The van der Waals surface area contributed by atoms with Crippen LogP contribution in [0.3, 0.4) is 0 Å². The van der Waals surface area contributed by atoms with Gasteiger partial charge < -0.3 is 16.2 Å². The Hall–Kier alpha value is -1.71. The van der Waals surface area contributed by atoms with Crippen molar-refractivity contribution in [2.45, 2.75) is 6.92 Å². The molecule has 0 bridgehead atoms. The molecule has 0 saturated heterocycles.